The molecule has 6 heteroatoms. The van der Waals surface area contributed by atoms with Crippen LogP contribution >= 0.6 is 0 Å². The van der Waals surface area contributed by atoms with Gasteiger partial charge in [-0.3, -0.25) is 14.8 Å². The molecule has 0 saturated carbocycles. The fourth-order valence-electron chi connectivity index (χ4n) is 2.79. The summed E-state index contributed by atoms with van der Waals surface area (Å²) in [5.74, 6) is -0.555. The van der Waals surface area contributed by atoms with Gasteiger partial charge in [0, 0.05) is 24.5 Å². The van der Waals surface area contributed by atoms with Crippen molar-refractivity contribution in [2.75, 3.05) is 13.1 Å². The maximum absolute atomic E-state index is 12.5. The summed E-state index contributed by atoms with van der Waals surface area (Å²) >= 11 is 0. The van der Waals surface area contributed by atoms with Crippen molar-refractivity contribution in [1.29, 1.82) is 0 Å². The van der Waals surface area contributed by atoms with Crippen LogP contribution in [0.25, 0.3) is 10.9 Å². The third-order valence-electron chi connectivity index (χ3n) is 4.12. The van der Waals surface area contributed by atoms with Gasteiger partial charge in [0.1, 0.15) is 0 Å². The second-order valence-electron chi connectivity index (χ2n) is 5.79. The minimum Gasteiger partial charge on any atom is -0.330 e. The number of hydroxylamine groups is 2. The first-order chi connectivity index (χ1) is 11.6. The zero-order chi connectivity index (χ0) is 17.5. The number of hydrogen-bond donors (Lipinski definition) is 2. The minimum atomic E-state index is -0.555. The average molecular weight is 331 g/mol. The van der Waals surface area contributed by atoms with Crippen LogP contribution in [0.4, 0.5) is 0 Å². The molecule has 0 aliphatic carbocycles. The number of benzene rings is 1. The van der Waals surface area contributed by atoms with E-state index in [-0.39, 0.29) is 17.7 Å². The molecule has 24 heavy (non-hydrogen) atoms. The van der Waals surface area contributed by atoms with Gasteiger partial charge in [0.05, 0.1) is 11.1 Å². The van der Waals surface area contributed by atoms with Crippen molar-refractivity contribution < 1.29 is 10.0 Å². The molecular formula is C18H25N3O3. The standard InChI is InChI=1S/C18H25N3O3/c1-2-21(24)18(23)15-13-17(22)20(12-8-4-3-7-11-19)16-10-6-5-9-14(15)16/h5-6,9-10,13,24H,2-4,7-8,11-12,19H2,1H3. The summed E-state index contributed by atoms with van der Waals surface area (Å²) in [5.41, 5.74) is 6.22. The van der Waals surface area contributed by atoms with Crippen LogP contribution in [0, 0.1) is 0 Å². The highest BCUT2D eigenvalue weighted by atomic mass is 16.5. The molecule has 2 rings (SSSR count). The van der Waals surface area contributed by atoms with Gasteiger partial charge < -0.3 is 10.3 Å². The van der Waals surface area contributed by atoms with Gasteiger partial charge in [0.2, 0.25) is 0 Å². The predicted molar refractivity (Wildman–Crippen MR) is 94.2 cm³/mol. The van der Waals surface area contributed by atoms with Gasteiger partial charge in [-0.15, -0.1) is 0 Å². The molecule has 1 heterocycles. The number of amides is 1. The lowest BCUT2D eigenvalue weighted by atomic mass is 10.1. The summed E-state index contributed by atoms with van der Waals surface area (Å²) in [5, 5.41) is 11.0. The summed E-state index contributed by atoms with van der Waals surface area (Å²) in [6, 6.07) is 8.63. The van der Waals surface area contributed by atoms with Crippen LogP contribution < -0.4 is 11.3 Å². The van der Waals surface area contributed by atoms with Crippen molar-refractivity contribution in [1.82, 2.24) is 9.63 Å². The molecule has 1 amide bonds. The van der Waals surface area contributed by atoms with E-state index in [1.54, 1.807) is 17.6 Å². The largest absolute Gasteiger partial charge is 0.330 e. The quantitative estimate of drug-likeness (QED) is 0.441. The van der Waals surface area contributed by atoms with Crippen LogP contribution in [0.3, 0.4) is 0 Å². The number of pyridine rings is 1. The van der Waals surface area contributed by atoms with E-state index in [2.05, 4.69) is 0 Å². The molecule has 0 atom stereocenters. The smallest absolute Gasteiger partial charge is 0.278 e. The number of para-hydroxylation sites is 1. The van der Waals surface area contributed by atoms with Crippen LogP contribution in [0.1, 0.15) is 43.0 Å². The molecule has 3 N–H and O–H groups in total. The third kappa shape index (κ3) is 4.01. The number of aryl methyl sites for hydroxylation is 1. The molecule has 0 aliphatic heterocycles. The molecule has 0 spiro atoms. The Morgan fingerprint density at radius 1 is 1.21 bits per heavy atom. The molecular weight excluding hydrogens is 306 g/mol. The Balaban J connectivity index is 2.36. The molecule has 0 aliphatic rings. The highest BCUT2D eigenvalue weighted by molar-refractivity contribution is 6.05. The van der Waals surface area contributed by atoms with E-state index in [4.69, 9.17) is 5.73 Å². The third-order valence-corrected chi connectivity index (χ3v) is 4.12. The summed E-state index contributed by atoms with van der Waals surface area (Å²) < 4.78 is 1.70. The summed E-state index contributed by atoms with van der Waals surface area (Å²) in [4.78, 5) is 24.8. The van der Waals surface area contributed by atoms with Crippen molar-refractivity contribution in [3.63, 3.8) is 0 Å². The molecule has 0 unspecified atom stereocenters. The number of nitrogens with two attached hydrogens (primary N) is 1. The maximum Gasteiger partial charge on any atom is 0.278 e. The fraction of sp³-hybridized carbons (Fsp3) is 0.444. The Morgan fingerprint density at radius 2 is 1.92 bits per heavy atom. The average Bonchev–Trinajstić information content (AvgIpc) is 2.61. The van der Waals surface area contributed by atoms with Gasteiger partial charge in [0.15, 0.2) is 0 Å². The monoisotopic (exact) mass is 331 g/mol. The van der Waals surface area contributed by atoms with E-state index < -0.39 is 5.91 Å². The van der Waals surface area contributed by atoms with Crippen molar-refractivity contribution in [3.05, 3.63) is 46.2 Å². The first kappa shape index (κ1) is 18.2. The molecule has 0 saturated heterocycles. The number of rotatable bonds is 8. The van der Waals surface area contributed by atoms with Gasteiger partial charge in [-0.05, 0) is 32.4 Å². The minimum absolute atomic E-state index is 0.164. The molecule has 6 nitrogen and oxygen atoms in total. The first-order valence-electron chi connectivity index (χ1n) is 8.43. The van der Waals surface area contributed by atoms with E-state index in [0.29, 0.717) is 23.5 Å². The van der Waals surface area contributed by atoms with E-state index in [9.17, 15) is 14.8 Å². The lowest BCUT2D eigenvalue weighted by Gasteiger charge is -2.16. The SMILES string of the molecule is CCN(O)C(=O)c1cc(=O)n(CCCCCCN)c2ccccc12. The first-order valence-corrected chi connectivity index (χ1v) is 8.43. The molecule has 2 aromatic rings. The lowest BCUT2D eigenvalue weighted by molar-refractivity contribution is -0.0540. The summed E-state index contributed by atoms with van der Waals surface area (Å²) in [6.45, 7) is 3.13. The summed E-state index contributed by atoms with van der Waals surface area (Å²) in [6.07, 6.45) is 3.94. The van der Waals surface area contributed by atoms with E-state index >= 15 is 0 Å². The number of fused-ring (bicyclic) bond motifs is 1. The predicted octanol–water partition coefficient (Wildman–Crippen LogP) is 2.37. The van der Waals surface area contributed by atoms with Gasteiger partial charge >= 0.3 is 0 Å². The molecule has 1 aromatic heterocycles. The van der Waals surface area contributed by atoms with Gasteiger partial charge in [0.25, 0.3) is 11.5 Å². The molecule has 0 fully saturated rings. The van der Waals surface area contributed by atoms with Crippen molar-refractivity contribution in [2.24, 2.45) is 5.73 Å². The van der Waals surface area contributed by atoms with Gasteiger partial charge in [-0.25, -0.2) is 5.06 Å². The Labute approximate surface area is 141 Å². The molecule has 1 aromatic carbocycles. The van der Waals surface area contributed by atoms with Crippen LogP contribution in [0.5, 0.6) is 0 Å². The van der Waals surface area contributed by atoms with Crippen molar-refractivity contribution in [3.8, 4) is 0 Å². The molecule has 130 valence electrons. The Morgan fingerprint density at radius 3 is 2.62 bits per heavy atom. The molecule has 0 bridgehead atoms. The normalized spacial score (nSPS) is 11.0. The highest BCUT2D eigenvalue weighted by Gasteiger charge is 2.18. The highest BCUT2D eigenvalue weighted by Crippen LogP contribution is 2.19. The topological polar surface area (TPSA) is 88.6 Å². The number of carbonyl (C=O) groups excluding carboxylic acids is 1. The molecule has 0 radical (unpaired) electrons. The van der Waals surface area contributed by atoms with Crippen LogP contribution in [-0.2, 0) is 6.54 Å². The zero-order valence-corrected chi connectivity index (χ0v) is 14.1. The lowest BCUT2D eigenvalue weighted by Crippen LogP contribution is -2.30. The second kappa shape index (κ2) is 8.61. The number of nitrogens with zero attached hydrogens (tertiary/aromatic N) is 2. The van der Waals surface area contributed by atoms with Crippen LogP contribution in [-0.4, -0.2) is 33.8 Å². The van der Waals surface area contributed by atoms with E-state index in [0.717, 1.165) is 31.2 Å². The number of hydrogen-bond acceptors (Lipinski definition) is 4. The number of unbranched alkanes of at least 4 members (excludes halogenated alkanes) is 3. The van der Waals surface area contributed by atoms with Crippen LogP contribution in [0.2, 0.25) is 0 Å². The van der Waals surface area contributed by atoms with Crippen molar-refractivity contribution >= 4 is 16.8 Å². The van der Waals surface area contributed by atoms with E-state index in [1.807, 2.05) is 18.2 Å². The fourth-order valence-corrected chi connectivity index (χ4v) is 2.79. The number of aromatic nitrogens is 1. The number of carbonyl (C=O) groups is 1. The Bertz CT molecular complexity index is 755. The maximum atomic E-state index is 12.5. The second-order valence-corrected chi connectivity index (χ2v) is 5.79. The van der Waals surface area contributed by atoms with Crippen LogP contribution in [0.15, 0.2) is 35.1 Å². The zero-order valence-electron chi connectivity index (χ0n) is 14.1. The van der Waals surface area contributed by atoms with Gasteiger partial charge in [-0.2, -0.15) is 0 Å². The summed E-state index contributed by atoms with van der Waals surface area (Å²) in [7, 11) is 0. The Hall–Kier alpha value is -2.18. The van der Waals surface area contributed by atoms with E-state index in [1.165, 1.54) is 6.07 Å². The van der Waals surface area contributed by atoms with Crippen molar-refractivity contribution in [2.45, 2.75) is 39.2 Å². The van der Waals surface area contributed by atoms with Gasteiger partial charge in [-0.1, -0.05) is 31.0 Å². The Kier molecular flexibility index (Phi) is 6.52.